The van der Waals surface area contributed by atoms with Crippen LogP contribution in [0.1, 0.15) is 5.56 Å². The quantitative estimate of drug-likeness (QED) is 0.753. The Labute approximate surface area is 96.2 Å². The van der Waals surface area contributed by atoms with Crippen molar-refractivity contribution in [3.63, 3.8) is 0 Å². The Balaban J connectivity index is 2.96. The maximum absolute atomic E-state index is 12.0. The second-order valence-corrected chi connectivity index (χ2v) is 5.26. The summed E-state index contributed by atoms with van der Waals surface area (Å²) in [6, 6.07) is 5.65. The van der Waals surface area contributed by atoms with E-state index in [9.17, 15) is 9.00 Å². The normalized spacial score (nSPS) is 12.9. The molecule has 0 aliphatic heterocycles. The molecule has 4 heteroatoms. The average molecular weight is 235 g/mol. The molecule has 2 aromatic rings. The lowest BCUT2D eigenvalue weighted by Crippen LogP contribution is -2.14. The largest absolute Gasteiger partial charge is 0.349 e. The number of aromatic nitrogens is 1. The van der Waals surface area contributed by atoms with E-state index in [1.807, 2.05) is 30.7 Å². The van der Waals surface area contributed by atoms with Gasteiger partial charge in [-0.1, -0.05) is 6.07 Å². The lowest BCUT2D eigenvalue weighted by Gasteiger charge is -2.08. The molecule has 0 N–H and O–H groups in total. The van der Waals surface area contributed by atoms with E-state index in [0.29, 0.717) is 10.3 Å². The molecule has 84 valence electrons. The summed E-state index contributed by atoms with van der Waals surface area (Å²) < 4.78 is 13.3. The van der Waals surface area contributed by atoms with Crippen molar-refractivity contribution < 1.29 is 4.21 Å². The van der Waals surface area contributed by atoms with E-state index < -0.39 is 10.8 Å². The van der Waals surface area contributed by atoms with Gasteiger partial charge in [-0.2, -0.15) is 0 Å². The van der Waals surface area contributed by atoms with Gasteiger partial charge in [-0.05, 0) is 24.6 Å². The highest BCUT2D eigenvalue weighted by Crippen LogP contribution is 2.13. The predicted octanol–water partition coefficient (Wildman–Crippen LogP) is 1.58. The van der Waals surface area contributed by atoms with Crippen molar-refractivity contribution in [2.75, 3.05) is 6.26 Å². The Morgan fingerprint density at radius 2 is 2.00 bits per heavy atom. The van der Waals surface area contributed by atoms with Crippen LogP contribution in [0.15, 0.2) is 34.1 Å². The topological polar surface area (TPSA) is 39.1 Å². The highest BCUT2D eigenvalue weighted by molar-refractivity contribution is 7.84. The van der Waals surface area contributed by atoms with Gasteiger partial charge in [0.25, 0.3) is 0 Å². The summed E-state index contributed by atoms with van der Waals surface area (Å²) in [4.78, 5) is 12.4. The minimum Gasteiger partial charge on any atom is -0.349 e. The molecule has 0 bridgehead atoms. The monoisotopic (exact) mass is 235 g/mol. The van der Waals surface area contributed by atoms with Crippen molar-refractivity contribution in [3.8, 4) is 0 Å². The van der Waals surface area contributed by atoms with Gasteiger partial charge in [-0.15, -0.1) is 0 Å². The molecule has 0 fully saturated rings. The first-order valence-electron chi connectivity index (χ1n) is 4.94. The van der Waals surface area contributed by atoms with Gasteiger partial charge >= 0.3 is 0 Å². The maximum atomic E-state index is 12.0. The van der Waals surface area contributed by atoms with E-state index in [1.54, 1.807) is 12.3 Å². The Kier molecular flexibility index (Phi) is 2.68. The maximum Gasteiger partial charge on any atom is 0.205 e. The van der Waals surface area contributed by atoms with Crippen LogP contribution in [0.4, 0.5) is 0 Å². The van der Waals surface area contributed by atoms with Gasteiger partial charge in [0.15, 0.2) is 0 Å². The van der Waals surface area contributed by atoms with Crippen molar-refractivity contribution in [1.29, 1.82) is 0 Å². The Morgan fingerprint density at radius 3 is 2.62 bits per heavy atom. The summed E-state index contributed by atoms with van der Waals surface area (Å²) in [7, 11) is 0.613. The number of nitrogens with zero attached hydrogens (tertiary/aromatic N) is 1. The van der Waals surface area contributed by atoms with Crippen LogP contribution in [0.5, 0.6) is 0 Å². The first kappa shape index (κ1) is 11.1. The fraction of sp³-hybridized carbons (Fsp3) is 0.250. The van der Waals surface area contributed by atoms with Crippen LogP contribution >= 0.6 is 0 Å². The zero-order valence-corrected chi connectivity index (χ0v) is 10.3. The fourth-order valence-corrected chi connectivity index (χ4v) is 2.44. The minimum absolute atomic E-state index is 0.131. The summed E-state index contributed by atoms with van der Waals surface area (Å²) >= 11 is 0. The van der Waals surface area contributed by atoms with Gasteiger partial charge in [0, 0.05) is 24.9 Å². The van der Waals surface area contributed by atoms with Gasteiger partial charge in [0.1, 0.15) is 4.90 Å². The van der Waals surface area contributed by atoms with E-state index in [2.05, 4.69) is 0 Å². The zero-order chi connectivity index (χ0) is 11.9. The third-order valence-electron chi connectivity index (χ3n) is 2.62. The number of aryl methyl sites for hydroxylation is 2. The van der Waals surface area contributed by atoms with Gasteiger partial charge in [0.05, 0.1) is 16.3 Å². The molecule has 0 saturated carbocycles. The molecule has 0 spiro atoms. The van der Waals surface area contributed by atoms with Crippen molar-refractivity contribution in [1.82, 2.24) is 4.57 Å². The summed E-state index contributed by atoms with van der Waals surface area (Å²) in [5, 5.41) is 0.626. The van der Waals surface area contributed by atoms with E-state index in [1.165, 1.54) is 6.26 Å². The molecule has 0 saturated heterocycles. The third kappa shape index (κ3) is 1.69. The molecule has 1 aromatic carbocycles. The lowest BCUT2D eigenvalue weighted by atomic mass is 10.1. The first-order valence-corrected chi connectivity index (χ1v) is 6.50. The van der Waals surface area contributed by atoms with E-state index in [-0.39, 0.29) is 5.43 Å². The van der Waals surface area contributed by atoms with Crippen molar-refractivity contribution in [2.24, 2.45) is 7.05 Å². The van der Waals surface area contributed by atoms with Crippen molar-refractivity contribution in [3.05, 3.63) is 40.2 Å². The highest BCUT2D eigenvalue weighted by Gasteiger charge is 2.09. The molecule has 2 rings (SSSR count). The van der Waals surface area contributed by atoms with Crippen LogP contribution in [0, 0.1) is 6.92 Å². The van der Waals surface area contributed by atoms with Crippen LogP contribution < -0.4 is 5.43 Å². The molecular formula is C12H13NO2S. The van der Waals surface area contributed by atoms with Crippen molar-refractivity contribution in [2.45, 2.75) is 11.8 Å². The van der Waals surface area contributed by atoms with Crippen molar-refractivity contribution >= 4 is 21.7 Å². The Morgan fingerprint density at radius 1 is 1.31 bits per heavy atom. The van der Waals surface area contributed by atoms with E-state index in [4.69, 9.17) is 0 Å². The van der Waals surface area contributed by atoms with Crippen LogP contribution in [0.3, 0.4) is 0 Å². The smallest absolute Gasteiger partial charge is 0.205 e. The summed E-state index contributed by atoms with van der Waals surface area (Å²) in [6.45, 7) is 1.98. The molecule has 1 atom stereocenters. The highest BCUT2D eigenvalue weighted by atomic mass is 32.2. The molecule has 0 amide bonds. The summed E-state index contributed by atoms with van der Waals surface area (Å²) in [5.74, 6) is 0. The molecular weight excluding hydrogens is 222 g/mol. The molecule has 3 nitrogen and oxygen atoms in total. The fourth-order valence-electron chi connectivity index (χ4n) is 1.77. The number of hydrogen-bond acceptors (Lipinski definition) is 2. The molecule has 0 aliphatic carbocycles. The molecule has 0 radical (unpaired) electrons. The van der Waals surface area contributed by atoms with Crippen LogP contribution in [0.25, 0.3) is 10.9 Å². The van der Waals surface area contributed by atoms with E-state index in [0.717, 1.165) is 11.1 Å². The van der Waals surface area contributed by atoms with Gasteiger partial charge in [0.2, 0.25) is 5.43 Å². The minimum atomic E-state index is -1.25. The van der Waals surface area contributed by atoms with Crippen LogP contribution in [-0.2, 0) is 17.8 Å². The number of rotatable bonds is 1. The second kappa shape index (κ2) is 3.87. The summed E-state index contributed by atoms with van der Waals surface area (Å²) in [5.41, 5.74) is 1.85. The summed E-state index contributed by atoms with van der Waals surface area (Å²) in [6.07, 6.45) is 3.18. The average Bonchev–Trinajstić information content (AvgIpc) is 2.22. The molecule has 1 heterocycles. The third-order valence-corrected chi connectivity index (χ3v) is 3.53. The van der Waals surface area contributed by atoms with E-state index >= 15 is 0 Å². The lowest BCUT2D eigenvalue weighted by molar-refractivity contribution is 0.685. The Hall–Kier alpha value is -1.42. The predicted molar refractivity (Wildman–Crippen MR) is 66.3 cm³/mol. The zero-order valence-electron chi connectivity index (χ0n) is 9.48. The number of pyridine rings is 1. The first-order chi connectivity index (χ1) is 7.50. The number of benzene rings is 1. The van der Waals surface area contributed by atoms with Crippen LogP contribution in [-0.4, -0.2) is 15.0 Å². The van der Waals surface area contributed by atoms with Crippen LogP contribution in [0.2, 0.25) is 0 Å². The molecule has 16 heavy (non-hydrogen) atoms. The molecule has 1 aromatic heterocycles. The second-order valence-electron chi connectivity index (χ2n) is 3.91. The Bertz CT molecular complexity index is 643. The van der Waals surface area contributed by atoms with Gasteiger partial charge < -0.3 is 4.57 Å². The standard InChI is InChI=1S/C12H13NO2S/c1-8-4-5-9-10(6-8)13(2)7-11(12(9)14)16(3)15/h4-7H,1-3H3. The molecule has 1 unspecified atom stereocenters. The van der Waals surface area contributed by atoms with Gasteiger partial charge in [-0.25, -0.2) is 0 Å². The number of fused-ring (bicyclic) bond motifs is 1. The SMILES string of the molecule is Cc1ccc2c(=O)c(S(C)=O)cn(C)c2c1. The van der Waals surface area contributed by atoms with Gasteiger partial charge in [-0.3, -0.25) is 9.00 Å². The number of hydrogen-bond donors (Lipinski definition) is 0. The molecule has 0 aliphatic rings.